The Hall–Kier alpha value is -0.0300. The summed E-state index contributed by atoms with van der Waals surface area (Å²) in [5.41, 5.74) is 6.00. The van der Waals surface area contributed by atoms with Gasteiger partial charge in [0.15, 0.2) is 0 Å². The highest BCUT2D eigenvalue weighted by molar-refractivity contribution is 8.00. The highest BCUT2D eigenvalue weighted by Crippen LogP contribution is 2.38. The first-order valence-electron chi connectivity index (χ1n) is 4.79. The lowest BCUT2D eigenvalue weighted by Crippen LogP contribution is -2.33. The topological polar surface area (TPSA) is 35.2 Å². The van der Waals surface area contributed by atoms with E-state index in [1.54, 1.807) is 11.3 Å². The van der Waals surface area contributed by atoms with Crippen LogP contribution in [0.2, 0.25) is 0 Å². The normalized spacial score (nSPS) is 21.6. The number of rotatable bonds is 4. The zero-order valence-electron chi connectivity index (χ0n) is 8.18. The second-order valence-corrected chi connectivity index (χ2v) is 6.02. The average Bonchev–Trinajstić information content (AvgIpc) is 2.53. The molecule has 1 aliphatic heterocycles. The summed E-state index contributed by atoms with van der Waals surface area (Å²) in [6.07, 6.45) is 0. The lowest BCUT2D eigenvalue weighted by Gasteiger charge is -2.30. The van der Waals surface area contributed by atoms with Crippen molar-refractivity contribution >= 4 is 23.1 Å². The van der Waals surface area contributed by atoms with Gasteiger partial charge in [0.25, 0.3) is 0 Å². The van der Waals surface area contributed by atoms with Gasteiger partial charge in [-0.15, -0.1) is 23.1 Å². The van der Waals surface area contributed by atoms with Crippen molar-refractivity contribution in [3.63, 3.8) is 0 Å². The van der Waals surface area contributed by atoms with Crippen molar-refractivity contribution in [1.29, 1.82) is 0 Å². The van der Waals surface area contributed by atoms with Gasteiger partial charge >= 0.3 is 0 Å². The van der Waals surface area contributed by atoms with Crippen LogP contribution in [0.25, 0.3) is 0 Å². The van der Waals surface area contributed by atoms with E-state index in [0.717, 1.165) is 13.2 Å². The van der Waals surface area contributed by atoms with Crippen LogP contribution >= 0.6 is 23.1 Å². The maximum absolute atomic E-state index is 6.00. The highest BCUT2D eigenvalue weighted by Gasteiger charge is 2.27. The van der Waals surface area contributed by atoms with Crippen LogP contribution in [0.15, 0.2) is 17.5 Å². The summed E-state index contributed by atoms with van der Waals surface area (Å²) in [4.78, 5) is 1.39. The van der Waals surface area contributed by atoms with Gasteiger partial charge < -0.3 is 10.5 Å². The summed E-state index contributed by atoms with van der Waals surface area (Å²) in [6.45, 7) is 3.86. The zero-order valence-corrected chi connectivity index (χ0v) is 9.81. The maximum Gasteiger partial charge on any atom is 0.0608 e. The summed E-state index contributed by atoms with van der Waals surface area (Å²) < 4.78 is 5.17. The van der Waals surface area contributed by atoms with Crippen LogP contribution in [0.4, 0.5) is 0 Å². The number of thioether (sulfide) groups is 1. The fraction of sp³-hybridized carbons (Fsp3) is 0.600. The SMILES string of the molecule is CC(N)C(SC1COC1)c1cccs1. The minimum atomic E-state index is 0.208. The molecule has 2 atom stereocenters. The molecule has 2 unspecified atom stereocenters. The summed E-state index contributed by atoms with van der Waals surface area (Å²) in [5, 5.41) is 3.19. The van der Waals surface area contributed by atoms with Crippen LogP contribution in [0, 0.1) is 0 Å². The molecule has 0 amide bonds. The van der Waals surface area contributed by atoms with Crippen molar-refractivity contribution in [3.05, 3.63) is 22.4 Å². The third kappa shape index (κ3) is 2.31. The molecule has 0 aromatic carbocycles. The van der Waals surface area contributed by atoms with E-state index >= 15 is 0 Å². The van der Waals surface area contributed by atoms with E-state index in [9.17, 15) is 0 Å². The largest absolute Gasteiger partial charge is 0.379 e. The molecule has 2 rings (SSSR count). The molecule has 1 aromatic rings. The van der Waals surface area contributed by atoms with Gasteiger partial charge in [-0.3, -0.25) is 0 Å². The van der Waals surface area contributed by atoms with Crippen molar-refractivity contribution in [2.45, 2.75) is 23.5 Å². The smallest absolute Gasteiger partial charge is 0.0608 e. The molecule has 4 heteroatoms. The number of hydrogen-bond donors (Lipinski definition) is 1. The minimum absolute atomic E-state index is 0.208. The molecule has 0 bridgehead atoms. The van der Waals surface area contributed by atoms with E-state index < -0.39 is 0 Å². The number of hydrogen-bond acceptors (Lipinski definition) is 4. The van der Waals surface area contributed by atoms with E-state index in [1.807, 2.05) is 11.8 Å². The van der Waals surface area contributed by atoms with Crippen molar-refractivity contribution in [1.82, 2.24) is 0 Å². The Morgan fingerprint density at radius 2 is 2.43 bits per heavy atom. The van der Waals surface area contributed by atoms with Crippen molar-refractivity contribution in [2.75, 3.05) is 13.2 Å². The molecule has 2 N–H and O–H groups in total. The van der Waals surface area contributed by atoms with E-state index in [1.165, 1.54) is 4.88 Å². The number of ether oxygens (including phenoxy) is 1. The molecular formula is C10H15NOS2. The van der Waals surface area contributed by atoms with Crippen LogP contribution in [-0.2, 0) is 4.74 Å². The molecule has 2 heterocycles. The van der Waals surface area contributed by atoms with E-state index in [0.29, 0.717) is 10.5 Å². The minimum Gasteiger partial charge on any atom is -0.379 e. The van der Waals surface area contributed by atoms with Crippen LogP contribution < -0.4 is 5.73 Å². The summed E-state index contributed by atoms with van der Waals surface area (Å²) in [5.74, 6) is 0. The molecule has 1 fully saturated rings. The first-order valence-corrected chi connectivity index (χ1v) is 6.62. The zero-order chi connectivity index (χ0) is 9.97. The van der Waals surface area contributed by atoms with Crippen LogP contribution in [0.1, 0.15) is 17.1 Å². The highest BCUT2D eigenvalue weighted by atomic mass is 32.2. The molecule has 0 spiro atoms. The number of thiophene rings is 1. The standard InChI is InChI=1S/C10H15NOS2/c1-7(11)10(9-3-2-4-13-9)14-8-5-12-6-8/h2-4,7-8,10H,5-6,11H2,1H3. The Balaban J connectivity index is 2.00. The van der Waals surface area contributed by atoms with Gasteiger partial charge in [0.1, 0.15) is 0 Å². The van der Waals surface area contributed by atoms with Gasteiger partial charge in [0.05, 0.1) is 23.7 Å². The van der Waals surface area contributed by atoms with Gasteiger partial charge in [-0.1, -0.05) is 6.07 Å². The third-order valence-electron chi connectivity index (χ3n) is 2.25. The second kappa shape index (κ2) is 4.66. The van der Waals surface area contributed by atoms with Crippen LogP contribution in [0.5, 0.6) is 0 Å². The third-order valence-corrected chi connectivity index (χ3v) is 4.99. The molecule has 2 nitrogen and oxygen atoms in total. The lowest BCUT2D eigenvalue weighted by atomic mass is 10.2. The molecule has 1 saturated heterocycles. The molecular weight excluding hydrogens is 214 g/mol. The van der Waals surface area contributed by atoms with Crippen molar-refractivity contribution < 1.29 is 4.74 Å². The lowest BCUT2D eigenvalue weighted by molar-refractivity contribution is 0.0452. The molecule has 1 aliphatic rings. The van der Waals surface area contributed by atoms with Gasteiger partial charge in [-0.25, -0.2) is 0 Å². The first kappa shape index (κ1) is 10.5. The van der Waals surface area contributed by atoms with E-state index in [4.69, 9.17) is 10.5 Å². The molecule has 14 heavy (non-hydrogen) atoms. The quantitative estimate of drug-likeness (QED) is 0.860. The van der Waals surface area contributed by atoms with Gasteiger partial charge in [0, 0.05) is 10.9 Å². The fourth-order valence-corrected chi connectivity index (χ4v) is 3.78. The van der Waals surface area contributed by atoms with Crippen molar-refractivity contribution in [3.8, 4) is 0 Å². The van der Waals surface area contributed by atoms with Crippen LogP contribution in [0.3, 0.4) is 0 Å². The summed E-state index contributed by atoms with van der Waals surface area (Å²) in [6, 6.07) is 4.47. The van der Waals surface area contributed by atoms with Gasteiger partial charge in [-0.2, -0.15) is 0 Å². The Bertz CT molecular complexity index is 270. The molecule has 78 valence electrons. The monoisotopic (exact) mass is 229 g/mol. The van der Waals surface area contributed by atoms with E-state index in [-0.39, 0.29) is 6.04 Å². The maximum atomic E-state index is 6.00. The first-order chi connectivity index (χ1) is 6.77. The Kier molecular flexibility index (Phi) is 3.49. The summed E-state index contributed by atoms with van der Waals surface area (Å²) >= 11 is 3.75. The number of nitrogens with two attached hydrogens (primary N) is 1. The predicted molar refractivity (Wildman–Crippen MR) is 62.9 cm³/mol. The average molecular weight is 229 g/mol. The summed E-state index contributed by atoms with van der Waals surface area (Å²) in [7, 11) is 0. The molecule has 0 saturated carbocycles. The van der Waals surface area contributed by atoms with Crippen LogP contribution in [-0.4, -0.2) is 24.5 Å². The Morgan fingerprint density at radius 1 is 1.64 bits per heavy atom. The van der Waals surface area contributed by atoms with Gasteiger partial charge in [0.2, 0.25) is 0 Å². The van der Waals surface area contributed by atoms with Gasteiger partial charge in [-0.05, 0) is 18.4 Å². The molecule has 1 aromatic heterocycles. The van der Waals surface area contributed by atoms with E-state index in [2.05, 4.69) is 24.4 Å². The molecule has 0 aliphatic carbocycles. The Labute approximate surface area is 92.8 Å². The predicted octanol–water partition coefficient (Wildman–Crippen LogP) is 2.27. The molecule has 0 radical (unpaired) electrons. The Morgan fingerprint density at radius 3 is 2.86 bits per heavy atom. The fourth-order valence-electron chi connectivity index (χ4n) is 1.40. The van der Waals surface area contributed by atoms with Crippen molar-refractivity contribution in [2.24, 2.45) is 5.73 Å². The second-order valence-electron chi connectivity index (χ2n) is 3.59.